The Balaban J connectivity index is 1.97. The lowest BCUT2D eigenvalue weighted by Crippen LogP contribution is -2.44. The molecule has 1 heterocycles. The van der Waals surface area contributed by atoms with Crippen molar-refractivity contribution in [3.8, 4) is 5.69 Å². The number of esters is 2. The van der Waals surface area contributed by atoms with E-state index in [2.05, 4.69) is 20.3 Å². The fourth-order valence-electron chi connectivity index (χ4n) is 2.51. The molecule has 0 aliphatic heterocycles. The molecule has 0 spiro atoms. The molecule has 1 atom stereocenters. The largest absolute Gasteiger partial charge is 0.467 e. The molecule has 1 amide bonds. The van der Waals surface area contributed by atoms with Gasteiger partial charge >= 0.3 is 11.9 Å². The van der Waals surface area contributed by atoms with Crippen LogP contribution in [0, 0.1) is 12.8 Å². The third kappa shape index (κ3) is 5.63. The second-order valence-electron chi connectivity index (χ2n) is 6.61. The number of carbonyl (C=O) groups is 3. The van der Waals surface area contributed by atoms with Gasteiger partial charge in [-0.25, -0.2) is 9.59 Å². The Hall–Kier alpha value is -3.23. The van der Waals surface area contributed by atoms with Crippen molar-refractivity contribution in [2.45, 2.75) is 33.2 Å². The van der Waals surface area contributed by atoms with Gasteiger partial charge in [-0.1, -0.05) is 32.0 Å². The number of rotatable bonds is 8. The maximum Gasteiger partial charge on any atom is 0.361 e. The summed E-state index contributed by atoms with van der Waals surface area (Å²) in [4.78, 5) is 37.4. The van der Waals surface area contributed by atoms with Crippen LogP contribution in [0.5, 0.6) is 0 Å². The van der Waals surface area contributed by atoms with E-state index in [1.54, 1.807) is 19.1 Å². The summed E-state index contributed by atoms with van der Waals surface area (Å²) in [5, 5.41) is 10.8. The number of nitrogens with zero attached hydrogens (tertiary/aromatic N) is 3. The highest BCUT2D eigenvalue weighted by Gasteiger charge is 2.24. The Morgan fingerprint density at radius 2 is 1.82 bits per heavy atom. The van der Waals surface area contributed by atoms with Gasteiger partial charge in [0.05, 0.1) is 18.5 Å². The van der Waals surface area contributed by atoms with Crippen molar-refractivity contribution in [1.29, 1.82) is 0 Å². The van der Waals surface area contributed by atoms with E-state index >= 15 is 0 Å². The second kappa shape index (κ2) is 9.63. The molecule has 1 N–H and O–H groups in total. The molecule has 0 unspecified atom stereocenters. The zero-order chi connectivity index (χ0) is 20.7. The van der Waals surface area contributed by atoms with Crippen molar-refractivity contribution in [3.05, 3.63) is 41.7 Å². The van der Waals surface area contributed by atoms with Gasteiger partial charge in [-0.2, -0.15) is 9.90 Å². The van der Waals surface area contributed by atoms with Gasteiger partial charge in [-0.3, -0.25) is 4.79 Å². The predicted octanol–water partition coefficient (Wildman–Crippen LogP) is 1.44. The Bertz CT molecular complexity index is 832. The van der Waals surface area contributed by atoms with E-state index < -0.39 is 30.5 Å². The normalized spacial score (nSPS) is 11.8. The van der Waals surface area contributed by atoms with E-state index in [0.717, 1.165) is 0 Å². The molecule has 0 saturated carbocycles. The Morgan fingerprint density at radius 1 is 1.14 bits per heavy atom. The van der Waals surface area contributed by atoms with Crippen molar-refractivity contribution in [3.63, 3.8) is 0 Å². The summed E-state index contributed by atoms with van der Waals surface area (Å²) in [6.07, 6.45) is 0.414. The van der Waals surface area contributed by atoms with Gasteiger partial charge in [0.25, 0.3) is 5.91 Å². The third-order valence-electron chi connectivity index (χ3n) is 3.83. The van der Waals surface area contributed by atoms with Crippen LogP contribution in [0.4, 0.5) is 0 Å². The summed E-state index contributed by atoms with van der Waals surface area (Å²) in [7, 11) is 1.25. The number of aromatic nitrogens is 3. The quantitative estimate of drug-likeness (QED) is 0.681. The minimum atomic E-state index is -0.795. The predicted molar refractivity (Wildman–Crippen MR) is 99.8 cm³/mol. The van der Waals surface area contributed by atoms with E-state index in [9.17, 15) is 14.4 Å². The Labute approximate surface area is 163 Å². The molecule has 28 heavy (non-hydrogen) atoms. The minimum absolute atomic E-state index is 0.0170. The summed E-state index contributed by atoms with van der Waals surface area (Å²) < 4.78 is 9.71. The number of hydrogen-bond acceptors (Lipinski definition) is 7. The zero-order valence-electron chi connectivity index (χ0n) is 16.3. The van der Waals surface area contributed by atoms with E-state index in [4.69, 9.17) is 4.74 Å². The lowest BCUT2D eigenvalue weighted by atomic mass is 10.0. The number of amides is 1. The number of para-hydroxylation sites is 1. The van der Waals surface area contributed by atoms with E-state index in [0.29, 0.717) is 17.8 Å². The van der Waals surface area contributed by atoms with Crippen molar-refractivity contribution < 1.29 is 23.9 Å². The van der Waals surface area contributed by atoms with Gasteiger partial charge in [-0.05, 0) is 31.4 Å². The van der Waals surface area contributed by atoms with Crippen LogP contribution in [-0.2, 0) is 19.1 Å². The Morgan fingerprint density at radius 3 is 2.43 bits per heavy atom. The summed E-state index contributed by atoms with van der Waals surface area (Å²) in [5.41, 5.74) is 1.09. The highest BCUT2D eigenvalue weighted by atomic mass is 16.5. The van der Waals surface area contributed by atoms with Crippen LogP contribution >= 0.6 is 0 Å². The molecular formula is C19H24N4O5. The van der Waals surface area contributed by atoms with Crippen LogP contribution in [0.3, 0.4) is 0 Å². The fourth-order valence-corrected chi connectivity index (χ4v) is 2.51. The van der Waals surface area contributed by atoms with Crippen molar-refractivity contribution in [1.82, 2.24) is 20.3 Å². The van der Waals surface area contributed by atoms with Gasteiger partial charge in [0.15, 0.2) is 12.3 Å². The summed E-state index contributed by atoms with van der Waals surface area (Å²) >= 11 is 0. The Kier molecular flexibility index (Phi) is 7.25. The van der Waals surface area contributed by atoms with Crippen LogP contribution in [0.1, 0.15) is 36.5 Å². The monoisotopic (exact) mass is 388 g/mol. The molecule has 0 bridgehead atoms. The van der Waals surface area contributed by atoms with E-state index in [-0.39, 0.29) is 11.6 Å². The number of methoxy groups -OCH3 is 1. The molecule has 1 aromatic heterocycles. The maximum absolute atomic E-state index is 12.3. The molecule has 0 fully saturated rings. The molecule has 1 aromatic carbocycles. The molecule has 0 saturated heterocycles. The molecule has 0 radical (unpaired) electrons. The molecule has 2 aromatic rings. The minimum Gasteiger partial charge on any atom is -0.467 e. The van der Waals surface area contributed by atoms with Crippen LogP contribution in [0.15, 0.2) is 30.3 Å². The molecular weight excluding hydrogens is 364 g/mol. The summed E-state index contributed by atoms with van der Waals surface area (Å²) in [5.74, 6) is -1.75. The average molecular weight is 388 g/mol. The first-order chi connectivity index (χ1) is 13.3. The van der Waals surface area contributed by atoms with Gasteiger partial charge in [0.1, 0.15) is 6.04 Å². The van der Waals surface area contributed by atoms with Gasteiger partial charge in [0.2, 0.25) is 0 Å². The van der Waals surface area contributed by atoms with Gasteiger partial charge < -0.3 is 14.8 Å². The van der Waals surface area contributed by atoms with Crippen LogP contribution < -0.4 is 5.32 Å². The van der Waals surface area contributed by atoms with Gasteiger partial charge in [0, 0.05) is 0 Å². The van der Waals surface area contributed by atoms with Crippen LogP contribution in [0.25, 0.3) is 5.69 Å². The number of hydrogen-bond donors (Lipinski definition) is 1. The summed E-state index contributed by atoms with van der Waals surface area (Å²) in [6, 6.07) is 8.30. The van der Waals surface area contributed by atoms with Crippen LogP contribution in [0.2, 0.25) is 0 Å². The highest BCUT2D eigenvalue weighted by Crippen LogP contribution is 2.10. The average Bonchev–Trinajstić information content (AvgIpc) is 3.07. The number of benzene rings is 1. The van der Waals surface area contributed by atoms with Crippen molar-refractivity contribution in [2.24, 2.45) is 5.92 Å². The standard InChI is InChI=1S/C19H24N4O5/c1-12(2)10-15(18(25)27-4)20-16(24)11-28-19(26)17-13(3)21-23(22-17)14-8-6-5-7-9-14/h5-9,12,15H,10-11H2,1-4H3,(H,20,24)/t15-/m1/s1. The smallest absolute Gasteiger partial charge is 0.361 e. The first kappa shape index (κ1) is 21.1. The topological polar surface area (TPSA) is 112 Å². The maximum atomic E-state index is 12.3. The van der Waals surface area contributed by atoms with Crippen molar-refractivity contribution in [2.75, 3.05) is 13.7 Å². The van der Waals surface area contributed by atoms with E-state index in [1.165, 1.54) is 11.9 Å². The van der Waals surface area contributed by atoms with E-state index in [1.807, 2.05) is 32.0 Å². The molecule has 0 aliphatic rings. The molecule has 0 aliphatic carbocycles. The lowest BCUT2D eigenvalue weighted by Gasteiger charge is -2.18. The number of ether oxygens (including phenoxy) is 2. The highest BCUT2D eigenvalue weighted by molar-refractivity contribution is 5.91. The number of aryl methyl sites for hydroxylation is 1. The van der Waals surface area contributed by atoms with Crippen molar-refractivity contribution >= 4 is 17.8 Å². The molecule has 150 valence electrons. The molecule has 2 rings (SSSR count). The number of nitrogens with one attached hydrogen (secondary N) is 1. The lowest BCUT2D eigenvalue weighted by molar-refractivity contribution is -0.145. The van der Waals surface area contributed by atoms with Gasteiger partial charge in [-0.15, -0.1) is 5.10 Å². The third-order valence-corrected chi connectivity index (χ3v) is 3.83. The molecule has 9 heteroatoms. The SMILES string of the molecule is COC(=O)[C@@H](CC(C)C)NC(=O)COC(=O)c1nn(-c2ccccc2)nc1C. The number of carbonyl (C=O) groups excluding carboxylic acids is 3. The first-order valence-electron chi connectivity index (χ1n) is 8.85. The second-order valence-corrected chi connectivity index (χ2v) is 6.61. The first-order valence-corrected chi connectivity index (χ1v) is 8.85. The molecule has 9 nitrogen and oxygen atoms in total. The zero-order valence-corrected chi connectivity index (χ0v) is 16.3. The fraction of sp³-hybridized carbons (Fsp3) is 0.421. The summed E-state index contributed by atoms with van der Waals surface area (Å²) in [6.45, 7) is 4.92. The van der Waals surface area contributed by atoms with Crippen LogP contribution in [-0.4, -0.2) is 52.6 Å².